The fraction of sp³-hybridized carbons (Fsp3) is 0.900. The average Bonchev–Trinajstić information content (AvgIpc) is 2.18. The van der Waals surface area contributed by atoms with Crippen molar-refractivity contribution >= 4 is 5.97 Å². The third-order valence-electron chi connectivity index (χ3n) is 3.05. The molecule has 0 N–H and O–H groups in total. The smallest absolute Gasteiger partial charge is 0.311 e. The van der Waals surface area contributed by atoms with Gasteiger partial charge in [0.15, 0.2) is 0 Å². The maximum atomic E-state index is 11.4. The second-order valence-corrected chi connectivity index (χ2v) is 3.99. The molecule has 0 amide bonds. The Morgan fingerprint density at radius 1 is 1.31 bits per heavy atom. The van der Waals surface area contributed by atoms with Crippen LogP contribution in [0.15, 0.2) is 0 Å². The molecule has 1 fully saturated rings. The predicted octanol–water partition coefficient (Wildman–Crippen LogP) is 1.75. The van der Waals surface area contributed by atoms with Crippen LogP contribution >= 0.6 is 0 Å². The van der Waals surface area contributed by atoms with Crippen molar-refractivity contribution in [3.8, 4) is 0 Å². The van der Waals surface area contributed by atoms with Gasteiger partial charge in [0.25, 0.3) is 0 Å². The highest BCUT2D eigenvalue weighted by Gasteiger charge is 2.38. The van der Waals surface area contributed by atoms with Crippen molar-refractivity contribution < 1.29 is 14.3 Å². The van der Waals surface area contributed by atoms with E-state index >= 15 is 0 Å². The van der Waals surface area contributed by atoms with Gasteiger partial charge in [-0.25, -0.2) is 0 Å². The fourth-order valence-electron chi connectivity index (χ4n) is 1.91. The molecule has 13 heavy (non-hydrogen) atoms. The first kappa shape index (κ1) is 10.5. The average molecular weight is 186 g/mol. The minimum absolute atomic E-state index is 0.0814. The highest BCUT2D eigenvalue weighted by molar-refractivity contribution is 5.76. The van der Waals surface area contributed by atoms with E-state index in [0.717, 1.165) is 25.7 Å². The van der Waals surface area contributed by atoms with Crippen LogP contribution in [-0.2, 0) is 14.3 Å². The summed E-state index contributed by atoms with van der Waals surface area (Å²) in [4.78, 5) is 11.4. The summed E-state index contributed by atoms with van der Waals surface area (Å²) >= 11 is 0. The lowest BCUT2D eigenvalue weighted by molar-refractivity contribution is -0.155. The number of rotatable bonds is 2. The van der Waals surface area contributed by atoms with Crippen molar-refractivity contribution in [2.24, 2.45) is 5.41 Å². The van der Waals surface area contributed by atoms with E-state index in [9.17, 15) is 4.79 Å². The van der Waals surface area contributed by atoms with Crippen LogP contribution in [0.1, 0.15) is 32.6 Å². The van der Waals surface area contributed by atoms with Crippen LogP contribution < -0.4 is 0 Å². The van der Waals surface area contributed by atoms with Crippen molar-refractivity contribution in [3.05, 3.63) is 0 Å². The Balaban J connectivity index is 2.51. The zero-order valence-electron chi connectivity index (χ0n) is 8.63. The number of ether oxygens (including phenoxy) is 2. The van der Waals surface area contributed by atoms with Crippen molar-refractivity contribution in [1.82, 2.24) is 0 Å². The van der Waals surface area contributed by atoms with Crippen molar-refractivity contribution in [1.29, 1.82) is 0 Å². The van der Waals surface area contributed by atoms with E-state index in [1.165, 1.54) is 7.11 Å². The zero-order valence-corrected chi connectivity index (χ0v) is 8.63. The Morgan fingerprint density at radius 3 is 2.23 bits per heavy atom. The van der Waals surface area contributed by atoms with Gasteiger partial charge in [0.05, 0.1) is 18.6 Å². The Bertz CT molecular complexity index is 181. The Morgan fingerprint density at radius 2 is 1.85 bits per heavy atom. The normalized spacial score (nSPS) is 34.2. The molecule has 1 saturated carbocycles. The Labute approximate surface area is 79.4 Å². The van der Waals surface area contributed by atoms with E-state index in [0.29, 0.717) is 6.10 Å². The lowest BCUT2D eigenvalue weighted by atomic mass is 9.75. The Kier molecular flexibility index (Phi) is 3.31. The summed E-state index contributed by atoms with van der Waals surface area (Å²) in [5.41, 5.74) is -0.274. The number of carbonyl (C=O) groups is 1. The van der Waals surface area contributed by atoms with Gasteiger partial charge < -0.3 is 9.47 Å². The lowest BCUT2D eigenvalue weighted by Gasteiger charge is -2.34. The third kappa shape index (κ3) is 2.21. The van der Waals surface area contributed by atoms with Gasteiger partial charge >= 0.3 is 5.97 Å². The first-order chi connectivity index (χ1) is 6.12. The minimum Gasteiger partial charge on any atom is -0.469 e. The molecule has 1 rings (SSSR count). The van der Waals surface area contributed by atoms with Crippen molar-refractivity contribution in [2.45, 2.75) is 38.7 Å². The van der Waals surface area contributed by atoms with Gasteiger partial charge in [-0.05, 0) is 32.6 Å². The van der Waals surface area contributed by atoms with E-state index in [-0.39, 0.29) is 11.4 Å². The first-order valence-corrected chi connectivity index (χ1v) is 4.73. The van der Waals surface area contributed by atoms with Crippen LogP contribution in [0.3, 0.4) is 0 Å². The van der Waals surface area contributed by atoms with E-state index in [4.69, 9.17) is 9.47 Å². The zero-order chi connectivity index (χ0) is 9.90. The summed E-state index contributed by atoms with van der Waals surface area (Å²) in [6.45, 7) is 1.98. The second-order valence-electron chi connectivity index (χ2n) is 3.99. The monoisotopic (exact) mass is 186 g/mol. The molecule has 3 heteroatoms. The number of esters is 1. The molecular weight excluding hydrogens is 168 g/mol. The van der Waals surface area contributed by atoms with Crippen LogP contribution in [0.5, 0.6) is 0 Å². The number of carbonyl (C=O) groups excluding carboxylic acids is 1. The topological polar surface area (TPSA) is 35.5 Å². The SMILES string of the molecule is COC(=O)[C@]1(C)CC[C@@H](OC)CC1. The highest BCUT2D eigenvalue weighted by atomic mass is 16.5. The molecule has 0 heterocycles. The lowest BCUT2D eigenvalue weighted by Crippen LogP contribution is -2.35. The van der Waals surface area contributed by atoms with E-state index in [1.54, 1.807) is 7.11 Å². The summed E-state index contributed by atoms with van der Waals surface area (Å²) in [6.07, 6.45) is 4.00. The maximum Gasteiger partial charge on any atom is 0.311 e. The van der Waals surface area contributed by atoms with Crippen molar-refractivity contribution in [3.63, 3.8) is 0 Å². The maximum absolute atomic E-state index is 11.4. The summed E-state index contributed by atoms with van der Waals surface area (Å²) in [7, 11) is 3.18. The fourth-order valence-corrected chi connectivity index (χ4v) is 1.91. The molecule has 1 aliphatic rings. The van der Waals surface area contributed by atoms with Gasteiger partial charge in [0.1, 0.15) is 0 Å². The summed E-state index contributed by atoms with van der Waals surface area (Å²) in [5, 5.41) is 0. The molecule has 0 aliphatic heterocycles. The highest BCUT2D eigenvalue weighted by Crippen LogP contribution is 2.37. The van der Waals surface area contributed by atoms with Crippen LogP contribution in [0.2, 0.25) is 0 Å². The van der Waals surface area contributed by atoms with Gasteiger partial charge in [-0.15, -0.1) is 0 Å². The molecule has 0 aromatic heterocycles. The van der Waals surface area contributed by atoms with E-state index < -0.39 is 0 Å². The molecule has 3 nitrogen and oxygen atoms in total. The van der Waals surface area contributed by atoms with Crippen LogP contribution in [0, 0.1) is 5.41 Å². The molecule has 76 valence electrons. The minimum atomic E-state index is -0.274. The quantitative estimate of drug-likeness (QED) is 0.616. The second kappa shape index (κ2) is 4.09. The van der Waals surface area contributed by atoms with Crippen molar-refractivity contribution in [2.75, 3.05) is 14.2 Å². The number of methoxy groups -OCH3 is 2. The molecule has 0 aromatic rings. The third-order valence-corrected chi connectivity index (χ3v) is 3.05. The standard InChI is InChI=1S/C10H18O3/c1-10(9(11)13-3)6-4-8(12-2)5-7-10/h8H,4-7H2,1-3H3/t8-,10-. The molecule has 0 bridgehead atoms. The predicted molar refractivity (Wildman–Crippen MR) is 49.4 cm³/mol. The van der Waals surface area contributed by atoms with Gasteiger partial charge in [-0.2, -0.15) is 0 Å². The number of hydrogen-bond acceptors (Lipinski definition) is 3. The molecule has 0 spiro atoms. The summed E-state index contributed by atoms with van der Waals surface area (Å²) in [5.74, 6) is -0.0814. The summed E-state index contributed by atoms with van der Waals surface area (Å²) < 4.78 is 10.0. The molecule has 0 atom stereocenters. The molecule has 0 radical (unpaired) electrons. The molecule has 0 saturated heterocycles. The Hall–Kier alpha value is -0.570. The van der Waals surface area contributed by atoms with Gasteiger partial charge in [-0.1, -0.05) is 0 Å². The molecule has 0 unspecified atom stereocenters. The van der Waals surface area contributed by atoms with Gasteiger partial charge in [-0.3, -0.25) is 4.79 Å². The molecule has 0 aromatic carbocycles. The van der Waals surface area contributed by atoms with Crippen LogP contribution in [0.25, 0.3) is 0 Å². The number of hydrogen-bond donors (Lipinski definition) is 0. The van der Waals surface area contributed by atoms with Crippen LogP contribution in [-0.4, -0.2) is 26.3 Å². The van der Waals surface area contributed by atoms with Gasteiger partial charge in [0.2, 0.25) is 0 Å². The van der Waals surface area contributed by atoms with E-state index in [2.05, 4.69) is 0 Å². The van der Waals surface area contributed by atoms with Crippen LogP contribution in [0.4, 0.5) is 0 Å². The summed E-state index contributed by atoms with van der Waals surface area (Å²) in [6, 6.07) is 0. The first-order valence-electron chi connectivity index (χ1n) is 4.73. The van der Waals surface area contributed by atoms with Gasteiger partial charge in [0, 0.05) is 7.11 Å². The molecule has 1 aliphatic carbocycles. The largest absolute Gasteiger partial charge is 0.469 e. The van der Waals surface area contributed by atoms with E-state index in [1.807, 2.05) is 6.92 Å². The molecular formula is C10H18O3.